The molecule has 1 aromatic carbocycles. The van der Waals surface area contributed by atoms with Crippen LogP contribution in [0.5, 0.6) is 0 Å². The molecule has 0 aliphatic heterocycles. The Kier molecular flexibility index (Phi) is 5.18. The van der Waals surface area contributed by atoms with E-state index in [0.717, 1.165) is 19.5 Å². The van der Waals surface area contributed by atoms with E-state index in [0.29, 0.717) is 5.92 Å². The van der Waals surface area contributed by atoms with Gasteiger partial charge in [0.2, 0.25) is 0 Å². The van der Waals surface area contributed by atoms with Crippen LogP contribution in [0.4, 0.5) is 0 Å². The molecule has 0 amide bonds. The Labute approximate surface area is 128 Å². The Morgan fingerprint density at radius 1 is 1.24 bits per heavy atom. The largest absolute Gasteiger partial charge is 0.313 e. The van der Waals surface area contributed by atoms with Crippen molar-refractivity contribution >= 4 is 0 Å². The highest BCUT2D eigenvalue weighted by Crippen LogP contribution is 2.31. The van der Waals surface area contributed by atoms with E-state index in [1.165, 1.54) is 27.9 Å². The predicted molar refractivity (Wildman–Crippen MR) is 89.5 cm³/mol. The maximum atomic E-state index is 4.65. The van der Waals surface area contributed by atoms with Crippen LogP contribution in [0.15, 0.2) is 24.4 Å². The number of aryl methyl sites for hydroxylation is 2. The van der Waals surface area contributed by atoms with Crippen LogP contribution in [0.25, 0.3) is 11.1 Å². The summed E-state index contributed by atoms with van der Waals surface area (Å²) in [6.45, 7) is 10.7. The summed E-state index contributed by atoms with van der Waals surface area (Å²) in [5, 5.41) is 8.16. The van der Waals surface area contributed by atoms with Crippen LogP contribution in [0.1, 0.15) is 49.9 Å². The average Bonchev–Trinajstić information content (AvgIpc) is 2.83. The van der Waals surface area contributed by atoms with E-state index < -0.39 is 0 Å². The normalized spacial score (nSPS) is 11.3. The van der Waals surface area contributed by atoms with Crippen LogP contribution in [-0.4, -0.2) is 16.3 Å². The summed E-state index contributed by atoms with van der Waals surface area (Å²) in [7, 11) is 2.00. The lowest BCUT2D eigenvalue weighted by Gasteiger charge is -2.13. The monoisotopic (exact) mass is 285 g/mol. The first-order chi connectivity index (χ1) is 10.0. The lowest BCUT2D eigenvalue weighted by Crippen LogP contribution is -2.14. The standard InChI is InChI=1S/C18H27N3/c1-6-9-19-11-15-8-7-14(4)10-16(15)17-12-21(5)20-18(17)13(2)3/h7-8,10,12-13,19H,6,9,11H2,1-5H3. The van der Waals surface area contributed by atoms with Crippen molar-refractivity contribution in [2.45, 2.75) is 46.6 Å². The van der Waals surface area contributed by atoms with E-state index in [9.17, 15) is 0 Å². The third-order valence-electron chi connectivity index (χ3n) is 3.70. The molecule has 0 saturated carbocycles. The smallest absolute Gasteiger partial charge is 0.0728 e. The van der Waals surface area contributed by atoms with Gasteiger partial charge in [0.05, 0.1) is 5.69 Å². The highest BCUT2D eigenvalue weighted by atomic mass is 15.3. The fraction of sp³-hybridized carbons (Fsp3) is 0.500. The van der Waals surface area contributed by atoms with Gasteiger partial charge in [0.1, 0.15) is 0 Å². The molecule has 0 fully saturated rings. The van der Waals surface area contributed by atoms with Gasteiger partial charge in [0.15, 0.2) is 0 Å². The summed E-state index contributed by atoms with van der Waals surface area (Å²) < 4.78 is 1.93. The number of aromatic nitrogens is 2. The molecule has 1 heterocycles. The summed E-state index contributed by atoms with van der Waals surface area (Å²) in [6.07, 6.45) is 3.30. The van der Waals surface area contributed by atoms with Gasteiger partial charge in [-0.15, -0.1) is 0 Å². The van der Waals surface area contributed by atoms with Crippen molar-refractivity contribution in [2.24, 2.45) is 7.05 Å². The fourth-order valence-electron chi connectivity index (χ4n) is 2.63. The molecule has 114 valence electrons. The van der Waals surface area contributed by atoms with Crippen LogP contribution >= 0.6 is 0 Å². The number of benzene rings is 1. The van der Waals surface area contributed by atoms with Gasteiger partial charge in [-0.2, -0.15) is 5.10 Å². The minimum atomic E-state index is 0.429. The lowest BCUT2D eigenvalue weighted by molar-refractivity contribution is 0.676. The molecule has 2 aromatic rings. The van der Waals surface area contributed by atoms with Crippen molar-refractivity contribution in [2.75, 3.05) is 6.54 Å². The van der Waals surface area contributed by atoms with E-state index in [1.54, 1.807) is 0 Å². The van der Waals surface area contributed by atoms with Gasteiger partial charge in [0, 0.05) is 25.4 Å². The second kappa shape index (κ2) is 6.90. The molecule has 3 nitrogen and oxygen atoms in total. The molecule has 1 N–H and O–H groups in total. The quantitative estimate of drug-likeness (QED) is 0.812. The molecular formula is C18H27N3. The number of rotatable bonds is 6. The Balaban J connectivity index is 2.44. The van der Waals surface area contributed by atoms with Crippen LogP contribution in [0.3, 0.4) is 0 Å². The fourth-order valence-corrected chi connectivity index (χ4v) is 2.63. The third kappa shape index (κ3) is 3.73. The predicted octanol–water partition coefficient (Wildman–Crippen LogP) is 4.02. The number of hydrogen-bond acceptors (Lipinski definition) is 2. The molecule has 0 radical (unpaired) electrons. The first kappa shape index (κ1) is 15.8. The molecule has 0 spiro atoms. The zero-order chi connectivity index (χ0) is 15.4. The molecule has 0 aliphatic rings. The molecule has 21 heavy (non-hydrogen) atoms. The van der Waals surface area contributed by atoms with Crippen molar-refractivity contribution in [3.63, 3.8) is 0 Å². The molecule has 0 atom stereocenters. The molecule has 2 rings (SSSR count). The van der Waals surface area contributed by atoms with Crippen LogP contribution < -0.4 is 5.32 Å². The summed E-state index contributed by atoms with van der Waals surface area (Å²) >= 11 is 0. The minimum absolute atomic E-state index is 0.429. The Bertz CT molecular complexity index is 597. The first-order valence-electron chi connectivity index (χ1n) is 7.87. The second-order valence-electron chi connectivity index (χ2n) is 6.09. The SMILES string of the molecule is CCCNCc1ccc(C)cc1-c1cn(C)nc1C(C)C. The summed E-state index contributed by atoms with van der Waals surface area (Å²) in [6, 6.07) is 6.72. The lowest BCUT2D eigenvalue weighted by atomic mass is 9.94. The molecule has 0 aliphatic carbocycles. The van der Waals surface area contributed by atoms with Crippen molar-refractivity contribution in [1.82, 2.24) is 15.1 Å². The molecule has 1 aromatic heterocycles. The second-order valence-corrected chi connectivity index (χ2v) is 6.09. The van der Waals surface area contributed by atoms with E-state index >= 15 is 0 Å². The van der Waals surface area contributed by atoms with Gasteiger partial charge in [-0.05, 0) is 36.9 Å². The number of hydrogen-bond donors (Lipinski definition) is 1. The van der Waals surface area contributed by atoms with E-state index in [2.05, 4.69) is 62.5 Å². The maximum absolute atomic E-state index is 4.65. The highest BCUT2D eigenvalue weighted by molar-refractivity contribution is 5.70. The van der Waals surface area contributed by atoms with Gasteiger partial charge < -0.3 is 5.32 Å². The number of nitrogens with zero attached hydrogens (tertiary/aromatic N) is 2. The summed E-state index contributed by atoms with van der Waals surface area (Å²) in [4.78, 5) is 0. The first-order valence-corrected chi connectivity index (χ1v) is 7.87. The van der Waals surface area contributed by atoms with Crippen molar-refractivity contribution in [3.8, 4) is 11.1 Å². The Hall–Kier alpha value is -1.61. The minimum Gasteiger partial charge on any atom is -0.313 e. The van der Waals surface area contributed by atoms with Gasteiger partial charge in [-0.3, -0.25) is 4.68 Å². The third-order valence-corrected chi connectivity index (χ3v) is 3.70. The van der Waals surface area contributed by atoms with Gasteiger partial charge in [0.25, 0.3) is 0 Å². The maximum Gasteiger partial charge on any atom is 0.0728 e. The topological polar surface area (TPSA) is 29.9 Å². The molecule has 3 heteroatoms. The zero-order valence-electron chi connectivity index (χ0n) is 13.9. The van der Waals surface area contributed by atoms with Crippen LogP contribution in [-0.2, 0) is 13.6 Å². The van der Waals surface area contributed by atoms with Gasteiger partial charge in [-0.25, -0.2) is 0 Å². The van der Waals surface area contributed by atoms with Crippen molar-refractivity contribution < 1.29 is 0 Å². The van der Waals surface area contributed by atoms with Crippen molar-refractivity contribution in [1.29, 1.82) is 0 Å². The van der Waals surface area contributed by atoms with Crippen LogP contribution in [0, 0.1) is 6.92 Å². The highest BCUT2D eigenvalue weighted by Gasteiger charge is 2.16. The average molecular weight is 285 g/mol. The Morgan fingerprint density at radius 3 is 2.67 bits per heavy atom. The van der Waals surface area contributed by atoms with Crippen molar-refractivity contribution in [3.05, 3.63) is 41.2 Å². The summed E-state index contributed by atoms with van der Waals surface area (Å²) in [5.74, 6) is 0.429. The molecular weight excluding hydrogens is 258 g/mol. The molecule has 0 saturated heterocycles. The van der Waals surface area contributed by atoms with Gasteiger partial charge in [-0.1, -0.05) is 44.5 Å². The zero-order valence-corrected chi connectivity index (χ0v) is 13.9. The Morgan fingerprint density at radius 2 is 2.00 bits per heavy atom. The van der Waals surface area contributed by atoms with E-state index in [1.807, 2.05) is 11.7 Å². The van der Waals surface area contributed by atoms with E-state index in [4.69, 9.17) is 0 Å². The van der Waals surface area contributed by atoms with Crippen LogP contribution in [0.2, 0.25) is 0 Å². The van der Waals surface area contributed by atoms with Gasteiger partial charge >= 0.3 is 0 Å². The molecule has 0 unspecified atom stereocenters. The summed E-state index contributed by atoms with van der Waals surface area (Å²) in [5.41, 5.74) is 6.41. The van der Waals surface area contributed by atoms with E-state index in [-0.39, 0.29) is 0 Å². The number of nitrogens with one attached hydrogen (secondary N) is 1. The molecule has 0 bridgehead atoms.